The Morgan fingerprint density at radius 1 is 1.00 bits per heavy atom. The second-order valence-electron chi connectivity index (χ2n) is 7.32. The number of carbonyl (C=O) groups excluding carboxylic acids is 1. The molecule has 21 heavy (non-hydrogen) atoms. The van der Waals surface area contributed by atoms with Crippen molar-refractivity contribution in [3.63, 3.8) is 0 Å². The fourth-order valence-corrected chi connectivity index (χ4v) is 3.18. The van der Waals surface area contributed by atoms with Crippen LogP contribution in [0.1, 0.15) is 65.7 Å². The number of carboxylic acid groups (broad SMARTS) is 1. The average Bonchev–Trinajstić information content (AvgIpc) is 2.31. The van der Waals surface area contributed by atoms with Gasteiger partial charge in [0.15, 0.2) is 0 Å². The first-order valence-corrected chi connectivity index (χ1v) is 8.02. The molecule has 120 valence electrons. The standard InChI is InChI=1S/C16H27NO4/c1-16(2,3)21-15(20)17(12-5-4-6-12)13-9-7-11(8-10-13)14(18)19/h11-13H,4-10H2,1-3H3,(H,18,19). The third-order valence-electron chi connectivity index (χ3n) is 4.51. The Hall–Kier alpha value is -1.26. The van der Waals surface area contributed by atoms with Gasteiger partial charge in [0.05, 0.1) is 5.92 Å². The number of rotatable bonds is 3. The molecular weight excluding hydrogens is 270 g/mol. The lowest BCUT2D eigenvalue weighted by Crippen LogP contribution is -2.52. The third-order valence-corrected chi connectivity index (χ3v) is 4.51. The van der Waals surface area contributed by atoms with Crippen molar-refractivity contribution in [2.75, 3.05) is 0 Å². The maximum Gasteiger partial charge on any atom is 0.410 e. The van der Waals surface area contributed by atoms with Crippen LogP contribution in [0.25, 0.3) is 0 Å². The van der Waals surface area contributed by atoms with Gasteiger partial charge in [-0.15, -0.1) is 0 Å². The average molecular weight is 297 g/mol. The van der Waals surface area contributed by atoms with Crippen LogP contribution in [0.5, 0.6) is 0 Å². The molecule has 0 radical (unpaired) electrons. The van der Waals surface area contributed by atoms with Gasteiger partial charge in [-0.05, 0) is 65.7 Å². The summed E-state index contributed by atoms with van der Waals surface area (Å²) in [6, 6.07) is 0.423. The smallest absolute Gasteiger partial charge is 0.410 e. The molecule has 2 rings (SSSR count). The van der Waals surface area contributed by atoms with Gasteiger partial charge in [0.1, 0.15) is 5.60 Å². The highest BCUT2D eigenvalue weighted by Gasteiger charge is 2.39. The van der Waals surface area contributed by atoms with Crippen LogP contribution >= 0.6 is 0 Å². The second kappa shape index (κ2) is 6.24. The highest BCUT2D eigenvalue weighted by molar-refractivity contribution is 5.71. The Balaban J connectivity index is 2.00. The first-order chi connectivity index (χ1) is 9.78. The molecule has 0 heterocycles. The number of ether oxygens (including phenoxy) is 1. The normalized spacial score (nSPS) is 26.8. The van der Waals surface area contributed by atoms with Crippen molar-refractivity contribution in [1.29, 1.82) is 0 Å². The Bertz CT molecular complexity index is 390. The number of hydrogen-bond donors (Lipinski definition) is 1. The summed E-state index contributed by atoms with van der Waals surface area (Å²) >= 11 is 0. The Morgan fingerprint density at radius 3 is 1.90 bits per heavy atom. The first kappa shape index (κ1) is 16.1. The molecule has 0 unspecified atom stereocenters. The van der Waals surface area contributed by atoms with Gasteiger partial charge < -0.3 is 14.7 Å². The molecule has 0 atom stereocenters. The van der Waals surface area contributed by atoms with Crippen molar-refractivity contribution in [1.82, 2.24) is 4.90 Å². The van der Waals surface area contributed by atoms with Crippen molar-refractivity contribution in [2.45, 2.75) is 83.4 Å². The molecule has 0 aromatic carbocycles. The molecule has 0 saturated heterocycles. The minimum absolute atomic E-state index is 0.140. The lowest BCUT2D eigenvalue weighted by molar-refractivity contribution is -0.143. The molecule has 0 spiro atoms. The molecular formula is C16H27NO4. The quantitative estimate of drug-likeness (QED) is 0.866. The molecule has 0 aromatic rings. The minimum Gasteiger partial charge on any atom is -0.481 e. The predicted octanol–water partition coefficient (Wildman–Crippen LogP) is 3.42. The van der Waals surface area contributed by atoms with Crippen molar-refractivity contribution in [2.24, 2.45) is 5.92 Å². The van der Waals surface area contributed by atoms with Crippen LogP contribution in [0.4, 0.5) is 4.79 Å². The molecule has 0 bridgehead atoms. The summed E-state index contributed by atoms with van der Waals surface area (Å²) in [5, 5.41) is 9.09. The SMILES string of the molecule is CC(C)(C)OC(=O)N(C1CCC1)C1CCC(C(=O)O)CC1. The zero-order valence-corrected chi connectivity index (χ0v) is 13.3. The Kier molecular flexibility index (Phi) is 4.79. The van der Waals surface area contributed by atoms with E-state index in [0.29, 0.717) is 12.8 Å². The number of nitrogens with zero attached hydrogens (tertiary/aromatic N) is 1. The molecule has 5 heteroatoms. The fourth-order valence-electron chi connectivity index (χ4n) is 3.18. The minimum atomic E-state index is -0.707. The summed E-state index contributed by atoms with van der Waals surface area (Å²) in [6.07, 6.45) is 5.87. The molecule has 1 amide bonds. The van der Waals surface area contributed by atoms with Crippen LogP contribution in [-0.4, -0.2) is 39.8 Å². The number of carbonyl (C=O) groups is 2. The van der Waals surface area contributed by atoms with Gasteiger partial charge in [0, 0.05) is 12.1 Å². The van der Waals surface area contributed by atoms with Crippen LogP contribution in [-0.2, 0) is 9.53 Å². The third kappa shape index (κ3) is 4.11. The molecule has 2 aliphatic rings. The number of aliphatic carboxylic acids is 1. The summed E-state index contributed by atoms with van der Waals surface area (Å²) < 4.78 is 5.55. The summed E-state index contributed by atoms with van der Waals surface area (Å²) in [7, 11) is 0. The summed E-state index contributed by atoms with van der Waals surface area (Å²) in [6.45, 7) is 5.64. The van der Waals surface area contributed by atoms with Crippen LogP contribution in [0.2, 0.25) is 0 Å². The second-order valence-corrected chi connectivity index (χ2v) is 7.32. The molecule has 1 N–H and O–H groups in total. The van der Waals surface area contributed by atoms with Gasteiger partial charge in [-0.25, -0.2) is 4.79 Å². The highest BCUT2D eigenvalue weighted by Crippen LogP contribution is 2.34. The van der Waals surface area contributed by atoms with E-state index in [1.54, 1.807) is 0 Å². The van der Waals surface area contributed by atoms with E-state index in [-0.39, 0.29) is 24.1 Å². The van der Waals surface area contributed by atoms with E-state index in [0.717, 1.165) is 32.1 Å². The molecule has 5 nitrogen and oxygen atoms in total. The molecule has 2 saturated carbocycles. The topological polar surface area (TPSA) is 66.8 Å². The zero-order chi connectivity index (χ0) is 15.6. The zero-order valence-electron chi connectivity index (χ0n) is 13.3. The van der Waals surface area contributed by atoms with Crippen molar-refractivity contribution in [3.8, 4) is 0 Å². The van der Waals surface area contributed by atoms with E-state index in [1.807, 2.05) is 25.7 Å². The highest BCUT2D eigenvalue weighted by atomic mass is 16.6. The van der Waals surface area contributed by atoms with Gasteiger partial charge >= 0.3 is 12.1 Å². The van der Waals surface area contributed by atoms with Crippen molar-refractivity contribution >= 4 is 12.1 Å². The Morgan fingerprint density at radius 2 is 1.52 bits per heavy atom. The van der Waals surface area contributed by atoms with Gasteiger partial charge in [0.25, 0.3) is 0 Å². The van der Waals surface area contributed by atoms with E-state index in [4.69, 9.17) is 9.84 Å². The van der Waals surface area contributed by atoms with Gasteiger partial charge in [-0.3, -0.25) is 4.79 Å². The maximum atomic E-state index is 12.5. The number of hydrogen-bond acceptors (Lipinski definition) is 3. The lowest BCUT2D eigenvalue weighted by Gasteiger charge is -2.44. The van der Waals surface area contributed by atoms with Gasteiger partial charge in [-0.1, -0.05) is 0 Å². The monoisotopic (exact) mass is 297 g/mol. The largest absolute Gasteiger partial charge is 0.481 e. The fraction of sp³-hybridized carbons (Fsp3) is 0.875. The Labute approximate surface area is 126 Å². The van der Waals surface area contributed by atoms with Crippen LogP contribution in [0.15, 0.2) is 0 Å². The van der Waals surface area contributed by atoms with Crippen molar-refractivity contribution in [3.05, 3.63) is 0 Å². The molecule has 2 fully saturated rings. The van der Waals surface area contributed by atoms with E-state index >= 15 is 0 Å². The molecule has 0 aliphatic heterocycles. The summed E-state index contributed by atoms with van der Waals surface area (Å²) in [5.41, 5.74) is -0.489. The van der Waals surface area contributed by atoms with Gasteiger partial charge in [-0.2, -0.15) is 0 Å². The lowest BCUT2D eigenvalue weighted by atomic mass is 9.82. The maximum absolute atomic E-state index is 12.5. The van der Waals surface area contributed by atoms with Crippen LogP contribution < -0.4 is 0 Å². The van der Waals surface area contributed by atoms with E-state index < -0.39 is 11.6 Å². The predicted molar refractivity (Wildman–Crippen MR) is 79.1 cm³/mol. The van der Waals surface area contributed by atoms with Gasteiger partial charge in [0.2, 0.25) is 0 Å². The number of carboxylic acids is 1. The van der Waals surface area contributed by atoms with Crippen molar-refractivity contribution < 1.29 is 19.4 Å². The molecule has 2 aliphatic carbocycles. The van der Waals surface area contributed by atoms with E-state index in [9.17, 15) is 9.59 Å². The van der Waals surface area contributed by atoms with E-state index in [2.05, 4.69) is 0 Å². The summed E-state index contributed by atoms with van der Waals surface area (Å²) in [4.78, 5) is 25.5. The van der Waals surface area contributed by atoms with Crippen LogP contribution in [0.3, 0.4) is 0 Å². The number of amides is 1. The summed E-state index contributed by atoms with van der Waals surface area (Å²) in [5.74, 6) is -0.955. The van der Waals surface area contributed by atoms with Crippen LogP contribution in [0, 0.1) is 5.92 Å². The first-order valence-electron chi connectivity index (χ1n) is 8.02. The molecule has 0 aromatic heterocycles. The van der Waals surface area contributed by atoms with E-state index in [1.165, 1.54) is 0 Å².